The van der Waals surface area contributed by atoms with Crippen LogP contribution in [0.25, 0.3) is 0 Å². The Morgan fingerprint density at radius 2 is 1.52 bits per heavy atom. The van der Waals surface area contributed by atoms with Gasteiger partial charge < -0.3 is 10.6 Å². The van der Waals surface area contributed by atoms with E-state index in [2.05, 4.69) is 10.6 Å². The molecule has 0 radical (unpaired) electrons. The van der Waals surface area contributed by atoms with Gasteiger partial charge in [-0.05, 0) is 74.0 Å². The number of carbonyl (C=O) groups is 2. The highest BCUT2D eigenvalue weighted by Crippen LogP contribution is 2.27. The minimum atomic E-state index is -0.327. The fraction of sp³-hybridized carbons (Fsp3) is 0.130. The number of aryl methyl sites for hydroxylation is 1. The summed E-state index contributed by atoms with van der Waals surface area (Å²) in [5.74, 6) is -0.453. The second-order valence-electron chi connectivity index (χ2n) is 6.82. The molecule has 8 heteroatoms. The Morgan fingerprint density at radius 3 is 2.16 bits per heavy atom. The molecule has 0 aromatic heterocycles. The fourth-order valence-electron chi connectivity index (χ4n) is 2.66. The van der Waals surface area contributed by atoms with E-state index < -0.39 is 0 Å². The zero-order valence-corrected chi connectivity index (χ0v) is 19.8. The highest BCUT2D eigenvalue weighted by atomic mass is 35.5. The van der Waals surface area contributed by atoms with Gasteiger partial charge in [0.2, 0.25) is 5.91 Å². The molecule has 2 amide bonds. The van der Waals surface area contributed by atoms with E-state index in [0.717, 1.165) is 10.5 Å². The third-order valence-electron chi connectivity index (χ3n) is 4.41. The Kier molecular flexibility index (Phi) is 7.89. The highest BCUT2D eigenvalue weighted by molar-refractivity contribution is 8.00. The molecule has 3 rings (SSSR count). The first kappa shape index (κ1) is 23.5. The number of hydrogen-bond donors (Lipinski definition) is 2. The van der Waals surface area contributed by atoms with Crippen molar-refractivity contribution in [2.45, 2.75) is 24.0 Å². The Labute approximate surface area is 200 Å². The van der Waals surface area contributed by atoms with E-state index in [-0.39, 0.29) is 22.1 Å². The summed E-state index contributed by atoms with van der Waals surface area (Å²) < 4.78 is 0. The molecule has 0 heterocycles. The van der Waals surface area contributed by atoms with E-state index in [0.29, 0.717) is 27.0 Å². The lowest BCUT2D eigenvalue weighted by atomic mass is 10.2. The van der Waals surface area contributed by atoms with E-state index in [9.17, 15) is 9.59 Å². The zero-order valence-electron chi connectivity index (χ0n) is 16.7. The number of hydrogen-bond acceptors (Lipinski definition) is 3. The summed E-state index contributed by atoms with van der Waals surface area (Å²) in [4.78, 5) is 25.8. The van der Waals surface area contributed by atoms with Crippen molar-refractivity contribution in [3.05, 3.63) is 86.9 Å². The van der Waals surface area contributed by atoms with Gasteiger partial charge in [0, 0.05) is 26.3 Å². The van der Waals surface area contributed by atoms with E-state index in [4.69, 9.17) is 34.8 Å². The second-order valence-corrected chi connectivity index (χ2v) is 9.48. The minimum Gasteiger partial charge on any atom is -0.325 e. The summed E-state index contributed by atoms with van der Waals surface area (Å²) in [6, 6.07) is 17.4. The molecule has 0 fully saturated rings. The summed E-state index contributed by atoms with van der Waals surface area (Å²) in [5.41, 5.74) is 2.57. The van der Waals surface area contributed by atoms with Crippen LogP contribution in [0.5, 0.6) is 0 Å². The number of anilines is 2. The number of rotatable bonds is 6. The summed E-state index contributed by atoms with van der Waals surface area (Å²) in [6.45, 7) is 3.73. The van der Waals surface area contributed by atoms with Gasteiger partial charge in [-0.3, -0.25) is 9.59 Å². The predicted octanol–water partition coefficient (Wildman–Crippen LogP) is 7.33. The lowest BCUT2D eigenvalue weighted by Crippen LogP contribution is -2.22. The number of carbonyl (C=O) groups excluding carboxylic acids is 2. The van der Waals surface area contributed by atoms with Crippen molar-refractivity contribution in [2.24, 2.45) is 0 Å². The Bertz CT molecular complexity index is 1120. The monoisotopic (exact) mass is 492 g/mol. The minimum absolute atomic E-state index is 0.125. The van der Waals surface area contributed by atoms with Crippen molar-refractivity contribution in [2.75, 3.05) is 10.6 Å². The maximum Gasteiger partial charge on any atom is 0.257 e. The molecular weight excluding hydrogens is 475 g/mol. The largest absolute Gasteiger partial charge is 0.325 e. The lowest BCUT2D eigenvalue weighted by molar-refractivity contribution is -0.115. The summed E-state index contributed by atoms with van der Waals surface area (Å²) >= 11 is 19.5. The fourth-order valence-corrected chi connectivity index (χ4v) is 4.20. The Morgan fingerprint density at radius 1 is 0.839 bits per heavy atom. The topological polar surface area (TPSA) is 58.2 Å². The van der Waals surface area contributed by atoms with Crippen LogP contribution in [0.3, 0.4) is 0 Å². The van der Waals surface area contributed by atoms with Crippen LogP contribution < -0.4 is 10.6 Å². The van der Waals surface area contributed by atoms with Crippen LogP contribution in [0.2, 0.25) is 15.1 Å². The van der Waals surface area contributed by atoms with Crippen LogP contribution in [0.1, 0.15) is 22.8 Å². The summed E-state index contributed by atoms with van der Waals surface area (Å²) in [6.07, 6.45) is 0. The Hall–Kier alpha value is -2.18. The maximum absolute atomic E-state index is 12.5. The number of benzene rings is 3. The lowest BCUT2D eigenvalue weighted by Gasteiger charge is -2.13. The van der Waals surface area contributed by atoms with E-state index in [1.807, 2.05) is 38.1 Å². The van der Waals surface area contributed by atoms with Crippen LogP contribution in [0.15, 0.2) is 65.6 Å². The Balaban J connectivity index is 1.58. The first-order chi connectivity index (χ1) is 14.7. The van der Waals surface area contributed by atoms with Gasteiger partial charge >= 0.3 is 0 Å². The molecule has 0 saturated heterocycles. The van der Waals surface area contributed by atoms with Crippen molar-refractivity contribution in [1.82, 2.24) is 0 Å². The van der Waals surface area contributed by atoms with Crippen molar-refractivity contribution < 1.29 is 9.59 Å². The average Bonchev–Trinajstić information content (AvgIpc) is 2.72. The van der Waals surface area contributed by atoms with E-state index >= 15 is 0 Å². The molecule has 0 saturated carbocycles. The van der Waals surface area contributed by atoms with Crippen LogP contribution in [-0.2, 0) is 4.79 Å². The van der Waals surface area contributed by atoms with Crippen molar-refractivity contribution >= 4 is 69.8 Å². The van der Waals surface area contributed by atoms with Crippen LogP contribution in [0.4, 0.5) is 11.4 Å². The molecule has 0 aliphatic rings. The number of amides is 2. The predicted molar refractivity (Wildman–Crippen MR) is 131 cm³/mol. The van der Waals surface area contributed by atoms with Crippen molar-refractivity contribution in [3.63, 3.8) is 0 Å². The van der Waals surface area contributed by atoms with Gasteiger partial charge in [-0.25, -0.2) is 0 Å². The first-order valence-electron chi connectivity index (χ1n) is 9.33. The number of halogens is 3. The molecule has 0 aliphatic heterocycles. The van der Waals surface area contributed by atoms with Gasteiger partial charge in [0.05, 0.1) is 15.8 Å². The second kappa shape index (κ2) is 10.4. The van der Waals surface area contributed by atoms with Crippen LogP contribution in [-0.4, -0.2) is 17.1 Å². The normalized spacial score (nSPS) is 11.6. The SMILES string of the molecule is Cc1ccc(NC(=O)C(C)Sc2ccc(NC(=O)c3ccc(Cl)cc3Cl)cc2)cc1Cl. The molecule has 3 aromatic rings. The molecule has 3 aromatic carbocycles. The molecule has 4 nitrogen and oxygen atoms in total. The summed E-state index contributed by atoms with van der Waals surface area (Å²) in [7, 11) is 0. The van der Waals surface area contributed by atoms with Gasteiger partial charge in [0.25, 0.3) is 5.91 Å². The maximum atomic E-state index is 12.5. The van der Waals surface area contributed by atoms with Gasteiger partial charge in [-0.15, -0.1) is 11.8 Å². The van der Waals surface area contributed by atoms with E-state index in [1.54, 1.807) is 30.3 Å². The molecule has 2 N–H and O–H groups in total. The standard InChI is InChI=1S/C23H19Cl3N2O2S/c1-13-3-5-17(12-20(13)25)28-22(29)14(2)31-18-8-6-16(7-9-18)27-23(30)19-10-4-15(24)11-21(19)26/h3-12,14H,1-2H3,(H,27,30)(H,28,29). The molecule has 0 aliphatic carbocycles. The van der Waals surface area contributed by atoms with Gasteiger partial charge in [-0.2, -0.15) is 0 Å². The molecule has 31 heavy (non-hydrogen) atoms. The molecule has 0 bridgehead atoms. The van der Waals surface area contributed by atoms with E-state index in [1.165, 1.54) is 17.8 Å². The number of nitrogens with one attached hydrogen (secondary N) is 2. The van der Waals surface area contributed by atoms with Crippen LogP contribution in [0, 0.1) is 6.92 Å². The third-order valence-corrected chi connectivity index (χ3v) is 6.48. The molecule has 0 spiro atoms. The number of thioether (sulfide) groups is 1. The molecular formula is C23H19Cl3N2O2S. The van der Waals surface area contributed by atoms with Gasteiger partial charge in [0.15, 0.2) is 0 Å². The molecule has 160 valence electrons. The average molecular weight is 494 g/mol. The third kappa shape index (κ3) is 6.40. The molecule has 1 unspecified atom stereocenters. The zero-order chi connectivity index (χ0) is 22.5. The van der Waals surface area contributed by atoms with Gasteiger partial charge in [0.1, 0.15) is 0 Å². The quantitative estimate of drug-likeness (QED) is 0.353. The summed E-state index contributed by atoms with van der Waals surface area (Å²) in [5, 5.41) is 6.70. The smallest absolute Gasteiger partial charge is 0.257 e. The van der Waals surface area contributed by atoms with Crippen molar-refractivity contribution in [3.8, 4) is 0 Å². The molecule has 1 atom stereocenters. The first-order valence-corrected chi connectivity index (χ1v) is 11.3. The van der Waals surface area contributed by atoms with Gasteiger partial charge in [-0.1, -0.05) is 40.9 Å². The van der Waals surface area contributed by atoms with Crippen molar-refractivity contribution in [1.29, 1.82) is 0 Å². The highest BCUT2D eigenvalue weighted by Gasteiger charge is 2.16. The van der Waals surface area contributed by atoms with Crippen LogP contribution >= 0.6 is 46.6 Å².